The van der Waals surface area contributed by atoms with Gasteiger partial charge in [-0.2, -0.15) is 5.10 Å². The molecule has 0 radical (unpaired) electrons. The van der Waals surface area contributed by atoms with Gasteiger partial charge in [0.15, 0.2) is 0 Å². The number of rotatable bonds is 4. The second-order valence-corrected chi connectivity index (χ2v) is 4.60. The van der Waals surface area contributed by atoms with Crippen LogP contribution in [0.2, 0.25) is 0 Å². The third-order valence-corrected chi connectivity index (χ3v) is 3.29. The standard InChI is InChI=1S/C12H18N4O2/c13-12(18)10-3-1-6-15(9-10)11(17)4-8-16-7-2-5-14-16/h2,5,7,10H,1,3-4,6,8-9H2,(H2,13,18)/t10-/m1/s1. The van der Waals surface area contributed by atoms with E-state index in [1.807, 2.05) is 12.3 Å². The second-order valence-electron chi connectivity index (χ2n) is 4.60. The van der Waals surface area contributed by atoms with Crippen LogP contribution in [0, 0.1) is 5.92 Å². The lowest BCUT2D eigenvalue weighted by Crippen LogP contribution is -2.44. The van der Waals surface area contributed by atoms with E-state index in [9.17, 15) is 9.59 Å². The molecule has 2 heterocycles. The van der Waals surface area contributed by atoms with Crippen molar-refractivity contribution in [1.82, 2.24) is 14.7 Å². The number of carbonyl (C=O) groups is 2. The molecule has 6 nitrogen and oxygen atoms in total. The Kier molecular flexibility index (Phi) is 3.96. The number of amides is 2. The van der Waals surface area contributed by atoms with Gasteiger partial charge in [-0.1, -0.05) is 0 Å². The van der Waals surface area contributed by atoms with E-state index in [0.29, 0.717) is 19.5 Å². The van der Waals surface area contributed by atoms with Crippen LogP contribution in [0.4, 0.5) is 0 Å². The van der Waals surface area contributed by atoms with Crippen LogP contribution in [0.1, 0.15) is 19.3 Å². The lowest BCUT2D eigenvalue weighted by atomic mass is 9.97. The molecule has 1 aromatic rings. The van der Waals surface area contributed by atoms with Gasteiger partial charge in [0.2, 0.25) is 11.8 Å². The van der Waals surface area contributed by atoms with Crippen molar-refractivity contribution < 1.29 is 9.59 Å². The molecule has 1 aliphatic rings. The lowest BCUT2D eigenvalue weighted by Gasteiger charge is -2.31. The highest BCUT2D eigenvalue weighted by atomic mass is 16.2. The Balaban J connectivity index is 1.83. The molecule has 0 unspecified atom stereocenters. The first kappa shape index (κ1) is 12.6. The van der Waals surface area contributed by atoms with Gasteiger partial charge in [-0.15, -0.1) is 0 Å². The number of nitrogens with two attached hydrogens (primary N) is 1. The largest absolute Gasteiger partial charge is 0.369 e. The number of piperidine rings is 1. The van der Waals surface area contributed by atoms with Crippen molar-refractivity contribution in [1.29, 1.82) is 0 Å². The van der Waals surface area contributed by atoms with Crippen LogP contribution in [-0.4, -0.2) is 39.6 Å². The third-order valence-electron chi connectivity index (χ3n) is 3.29. The van der Waals surface area contributed by atoms with E-state index >= 15 is 0 Å². The van der Waals surface area contributed by atoms with E-state index < -0.39 is 0 Å². The second kappa shape index (κ2) is 5.66. The Morgan fingerprint density at radius 3 is 2.94 bits per heavy atom. The maximum atomic E-state index is 12.0. The van der Waals surface area contributed by atoms with Crippen LogP contribution >= 0.6 is 0 Å². The number of hydrogen-bond donors (Lipinski definition) is 1. The lowest BCUT2D eigenvalue weighted by molar-refractivity contribution is -0.135. The summed E-state index contributed by atoms with van der Waals surface area (Å²) >= 11 is 0. The van der Waals surface area contributed by atoms with Crippen LogP contribution in [0.3, 0.4) is 0 Å². The maximum absolute atomic E-state index is 12.0. The first-order chi connectivity index (χ1) is 8.66. The van der Waals surface area contributed by atoms with Gasteiger partial charge in [0.25, 0.3) is 0 Å². The molecule has 2 N–H and O–H groups in total. The molecule has 0 saturated carbocycles. The zero-order valence-corrected chi connectivity index (χ0v) is 10.3. The Labute approximate surface area is 106 Å². The summed E-state index contributed by atoms with van der Waals surface area (Å²) in [6.45, 7) is 1.76. The molecule has 18 heavy (non-hydrogen) atoms. The maximum Gasteiger partial charge on any atom is 0.224 e. The zero-order valence-electron chi connectivity index (χ0n) is 10.3. The Morgan fingerprint density at radius 1 is 1.44 bits per heavy atom. The summed E-state index contributed by atoms with van der Waals surface area (Å²) in [7, 11) is 0. The molecule has 2 amide bonds. The first-order valence-corrected chi connectivity index (χ1v) is 6.21. The smallest absolute Gasteiger partial charge is 0.224 e. The van der Waals surface area contributed by atoms with Crippen molar-refractivity contribution in [3.05, 3.63) is 18.5 Å². The van der Waals surface area contributed by atoms with E-state index in [1.54, 1.807) is 15.8 Å². The average Bonchev–Trinajstić information content (AvgIpc) is 2.89. The summed E-state index contributed by atoms with van der Waals surface area (Å²) in [6.07, 6.45) is 5.57. The predicted molar refractivity (Wildman–Crippen MR) is 65.3 cm³/mol. The topological polar surface area (TPSA) is 81.2 Å². The molecular formula is C12H18N4O2. The fourth-order valence-corrected chi connectivity index (χ4v) is 2.24. The highest BCUT2D eigenvalue weighted by Crippen LogP contribution is 2.16. The normalized spacial score (nSPS) is 19.8. The minimum absolute atomic E-state index is 0.0662. The third kappa shape index (κ3) is 3.09. The molecule has 1 fully saturated rings. The van der Waals surface area contributed by atoms with Crippen molar-refractivity contribution >= 4 is 11.8 Å². The first-order valence-electron chi connectivity index (χ1n) is 6.21. The quantitative estimate of drug-likeness (QED) is 0.816. The van der Waals surface area contributed by atoms with Gasteiger partial charge in [0.1, 0.15) is 0 Å². The molecule has 6 heteroatoms. The molecule has 0 aromatic carbocycles. The van der Waals surface area contributed by atoms with Crippen molar-refractivity contribution in [2.24, 2.45) is 11.7 Å². The number of likely N-dealkylation sites (tertiary alicyclic amines) is 1. The molecule has 0 aliphatic carbocycles. The van der Waals surface area contributed by atoms with Gasteiger partial charge in [-0.05, 0) is 18.9 Å². The number of primary amides is 1. The van der Waals surface area contributed by atoms with Gasteiger partial charge < -0.3 is 10.6 Å². The fraction of sp³-hybridized carbons (Fsp3) is 0.583. The summed E-state index contributed by atoms with van der Waals surface area (Å²) < 4.78 is 1.73. The highest BCUT2D eigenvalue weighted by Gasteiger charge is 2.26. The monoisotopic (exact) mass is 250 g/mol. The van der Waals surface area contributed by atoms with Gasteiger partial charge in [-0.3, -0.25) is 14.3 Å². The predicted octanol–water partition coefficient (Wildman–Crippen LogP) is -0.00290. The fourth-order valence-electron chi connectivity index (χ4n) is 2.24. The molecule has 1 atom stereocenters. The van der Waals surface area contributed by atoms with Gasteiger partial charge in [0.05, 0.1) is 5.92 Å². The van der Waals surface area contributed by atoms with Crippen LogP contribution in [0.25, 0.3) is 0 Å². The van der Waals surface area contributed by atoms with E-state index in [1.165, 1.54) is 0 Å². The summed E-state index contributed by atoms with van der Waals surface area (Å²) in [4.78, 5) is 24.9. The molecular weight excluding hydrogens is 232 g/mol. The minimum Gasteiger partial charge on any atom is -0.369 e. The van der Waals surface area contributed by atoms with E-state index in [2.05, 4.69) is 5.10 Å². The number of aryl methyl sites for hydroxylation is 1. The molecule has 98 valence electrons. The van der Waals surface area contributed by atoms with Crippen LogP contribution in [0.15, 0.2) is 18.5 Å². The van der Waals surface area contributed by atoms with E-state index in [-0.39, 0.29) is 17.7 Å². The molecule has 0 spiro atoms. The van der Waals surface area contributed by atoms with Crippen molar-refractivity contribution in [3.8, 4) is 0 Å². The summed E-state index contributed by atoms with van der Waals surface area (Å²) in [5.41, 5.74) is 5.29. The number of aromatic nitrogens is 2. The van der Waals surface area contributed by atoms with Gasteiger partial charge in [0, 0.05) is 38.4 Å². The highest BCUT2D eigenvalue weighted by molar-refractivity contribution is 5.80. The van der Waals surface area contributed by atoms with Gasteiger partial charge in [-0.25, -0.2) is 0 Å². The average molecular weight is 250 g/mol. The summed E-state index contributed by atoms with van der Waals surface area (Å²) in [6, 6.07) is 1.83. The zero-order chi connectivity index (χ0) is 13.0. The SMILES string of the molecule is NC(=O)[C@@H]1CCCN(C(=O)CCn2cccn2)C1. The van der Waals surface area contributed by atoms with E-state index in [4.69, 9.17) is 5.73 Å². The van der Waals surface area contributed by atoms with Crippen LogP contribution < -0.4 is 5.73 Å². The molecule has 1 saturated heterocycles. The van der Waals surface area contributed by atoms with Gasteiger partial charge >= 0.3 is 0 Å². The Hall–Kier alpha value is -1.85. The van der Waals surface area contributed by atoms with Crippen LogP contribution in [-0.2, 0) is 16.1 Å². The molecule has 2 rings (SSSR count). The van der Waals surface area contributed by atoms with E-state index in [0.717, 1.165) is 19.4 Å². The van der Waals surface area contributed by atoms with Crippen molar-refractivity contribution in [3.63, 3.8) is 0 Å². The van der Waals surface area contributed by atoms with Crippen LogP contribution in [0.5, 0.6) is 0 Å². The minimum atomic E-state index is -0.306. The number of nitrogens with zero attached hydrogens (tertiary/aromatic N) is 3. The van der Waals surface area contributed by atoms with Crippen molar-refractivity contribution in [2.75, 3.05) is 13.1 Å². The number of carbonyl (C=O) groups excluding carboxylic acids is 2. The summed E-state index contributed by atoms with van der Waals surface area (Å²) in [5.74, 6) is -0.427. The summed E-state index contributed by atoms with van der Waals surface area (Å²) in [5, 5.41) is 4.05. The molecule has 0 bridgehead atoms. The molecule has 1 aliphatic heterocycles. The Bertz CT molecular complexity index is 416. The Morgan fingerprint density at radius 2 is 2.28 bits per heavy atom. The molecule has 1 aromatic heterocycles. The number of hydrogen-bond acceptors (Lipinski definition) is 3. The van der Waals surface area contributed by atoms with Crippen molar-refractivity contribution in [2.45, 2.75) is 25.8 Å².